The maximum Gasteiger partial charge on any atom is 0.256 e. The van der Waals surface area contributed by atoms with Gasteiger partial charge in [-0.25, -0.2) is 0 Å². The van der Waals surface area contributed by atoms with Crippen molar-refractivity contribution in [3.63, 3.8) is 0 Å². The van der Waals surface area contributed by atoms with Crippen LogP contribution in [0.2, 0.25) is 0 Å². The number of hydrogen-bond acceptors (Lipinski definition) is 4. The van der Waals surface area contributed by atoms with Crippen LogP contribution in [0.15, 0.2) is 30.5 Å². The Morgan fingerprint density at radius 1 is 1.24 bits per heavy atom. The number of unbranched alkanes of at least 4 members (excludes halogenated alkanes) is 1. The van der Waals surface area contributed by atoms with E-state index in [2.05, 4.69) is 17.2 Å². The molecule has 0 saturated heterocycles. The number of methoxy groups -OCH3 is 1. The van der Waals surface area contributed by atoms with Crippen LogP contribution in [0.3, 0.4) is 0 Å². The number of fused-ring (bicyclic) bond motifs is 1. The molecular formula is C20H28N2O3. The number of pyridine rings is 1. The number of anilines is 1. The standard InChI is InChI=1S/C20H28N2O3/c1-5-7-12-20(3,25-14-6-2)19(23)22-16-10-11-17(24-4)18-15(16)9-8-13-21-18/h8-11,13H,5-7,12,14H2,1-4H3,(H,22,23). The Morgan fingerprint density at radius 3 is 2.72 bits per heavy atom. The fourth-order valence-electron chi connectivity index (χ4n) is 2.77. The molecule has 1 aromatic carbocycles. The number of amides is 1. The van der Waals surface area contributed by atoms with E-state index >= 15 is 0 Å². The summed E-state index contributed by atoms with van der Waals surface area (Å²) in [6, 6.07) is 7.44. The number of carbonyl (C=O) groups excluding carboxylic acids is 1. The van der Waals surface area contributed by atoms with E-state index in [4.69, 9.17) is 9.47 Å². The molecular weight excluding hydrogens is 316 g/mol. The molecule has 1 unspecified atom stereocenters. The van der Waals surface area contributed by atoms with Crippen LogP contribution in [0.25, 0.3) is 10.9 Å². The lowest BCUT2D eigenvalue weighted by molar-refractivity contribution is -0.140. The van der Waals surface area contributed by atoms with Gasteiger partial charge in [0, 0.05) is 18.2 Å². The highest BCUT2D eigenvalue weighted by Gasteiger charge is 2.33. The van der Waals surface area contributed by atoms with Gasteiger partial charge < -0.3 is 14.8 Å². The largest absolute Gasteiger partial charge is 0.494 e. The first-order valence-corrected chi connectivity index (χ1v) is 8.92. The summed E-state index contributed by atoms with van der Waals surface area (Å²) in [6.45, 7) is 6.59. The predicted molar refractivity (Wildman–Crippen MR) is 101 cm³/mol. The molecule has 2 rings (SSSR count). The zero-order chi connectivity index (χ0) is 18.3. The van der Waals surface area contributed by atoms with Crippen molar-refractivity contribution in [2.75, 3.05) is 19.0 Å². The fourth-order valence-corrected chi connectivity index (χ4v) is 2.77. The number of aromatic nitrogens is 1. The zero-order valence-corrected chi connectivity index (χ0v) is 15.6. The lowest BCUT2D eigenvalue weighted by atomic mass is 9.97. The summed E-state index contributed by atoms with van der Waals surface area (Å²) in [5.74, 6) is 0.564. The van der Waals surface area contributed by atoms with Crippen molar-refractivity contribution in [3.05, 3.63) is 30.5 Å². The van der Waals surface area contributed by atoms with Crippen molar-refractivity contribution < 1.29 is 14.3 Å². The Morgan fingerprint density at radius 2 is 2.04 bits per heavy atom. The Kier molecular flexibility index (Phi) is 6.76. The van der Waals surface area contributed by atoms with E-state index in [1.54, 1.807) is 13.3 Å². The van der Waals surface area contributed by atoms with E-state index < -0.39 is 5.60 Å². The molecule has 0 saturated carbocycles. The number of benzene rings is 1. The van der Waals surface area contributed by atoms with Crippen LogP contribution in [-0.4, -0.2) is 30.2 Å². The third kappa shape index (κ3) is 4.48. The summed E-state index contributed by atoms with van der Waals surface area (Å²) in [5, 5.41) is 3.89. The van der Waals surface area contributed by atoms with Gasteiger partial charge in [-0.15, -0.1) is 0 Å². The molecule has 0 bridgehead atoms. The van der Waals surface area contributed by atoms with Gasteiger partial charge in [0.1, 0.15) is 16.9 Å². The molecule has 2 aromatic rings. The Bertz CT molecular complexity index is 707. The van der Waals surface area contributed by atoms with E-state index in [0.717, 1.165) is 35.9 Å². The molecule has 0 fully saturated rings. The summed E-state index contributed by atoms with van der Waals surface area (Å²) in [6.07, 6.45) is 5.25. The van der Waals surface area contributed by atoms with Gasteiger partial charge in [-0.05, 0) is 44.0 Å². The summed E-state index contributed by atoms with van der Waals surface area (Å²) in [4.78, 5) is 17.3. The van der Waals surface area contributed by atoms with Crippen LogP contribution in [0.1, 0.15) is 46.5 Å². The molecule has 5 heteroatoms. The van der Waals surface area contributed by atoms with Crippen LogP contribution < -0.4 is 10.1 Å². The van der Waals surface area contributed by atoms with E-state index in [1.165, 1.54) is 0 Å². The van der Waals surface area contributed by atoms with E-state index in [0.29, 0.717) is 18.8 Å². The fraction of sp³-hybridized carbons (Fsp3) is 0.500. The van der Waals surface area contributed by atoms with Crippen molar-refractivity contribution in [2.24, 2.45) is 0 Å². The van der Waals surface area contributed by atoms with E-state index in [1.807, 2.05) is 38.1 Å². The Balaban J connectivity index is 2.30. The van der Waals surface area contributed by atoms with Gasteiger partial charge in [0.15, 0.2) is 0 Å². The van der Waals surface area contributed by atoms with Crippen molar-refractivity contribution in [1.29, 1.82) is 0 Å². The lowest BCUT2D eigenvalue weighted by Crippen LogP contribution is -2.43. The lowest BCUT2D eigenvalue weighted by Gasteiger charge is -2.29. The first-order valence-electron chi connectivity index (χ1n) is 8.92. The molecule has 0 aliphatic carbocycles. The molecule has 1 N–H and O–H groups in total. The highest BCUT2D eigenvalue weighted by Crippen LogP contribution is 2.31. The minimum Gasteiger partial charge on any atom is -0.494 e. The van der Waals surface area contributed by atoms with Gasteiger partial charge in [-0.2, -0.15) is 0 Å². The molecule has 0 spiro atoms. The first kappa shape index (κ1) is 19.2. The van der Waals surface area contributed by atoms with Crippen molar-refractivity contribution in [2.45, 2.75) is 52.1 Å². The van der Waals surface area contributed by atoms with Crippen LogP contribution in [0.4, 0.5) is 5.69 Å². The number of hydrogen-bond donors (Lipinski definition) is 1. The highest BCUT2D eigenvalue weighted by atomic mass is 16.5. The molecule has 1 amide bonds. The molecule has 136 valence electrons. The quantitative estimate of drug-likeness (QED) is 0.724. The molecule has 1 aromatic heterocycles. The third-order valence-electron chi connectivity index (χ3n) is 4.31. The minimum absolute atomic E-state index is 0.121. The molecule has 0 aliphatic rings. The Hall–Kier alpha value is -2.14. The molecule has 1 atom stereocenters. The normalized spacial score (nSPS) is 13.4. The maximum atomic E-state index is 13.0. The van der Waals surface area contributed by atoms with Gasteiger partial charge in [0.2, 0.25) is 0 Å². The van der Waals surface area contributed by atoms with Crippen molar-refractivity contribution in [1.82, 2.24) is 4.98 Å². The second kappa shape index (κ2) is 8.81. The average Bonchev–Trinajstić information content (AvgIpc) is 2.65. The molecule has 5 nitrogen and oxygen atoms in total. The highest BCUT2D eigenvalue weighted by molar-refractivity contribution is 6.05. The SMILES string of the molecule is CCCCC(C)(OCCC)C(=O)Nc1ccc(OC)c2ncccc12. The molecule has 0 radical (unpaired) electrons. The number of ether oxygens (including phenoxy) is 2. The smallest absolute Gasteiger partial charge is 0.256 e. The molecule has 0 aliphatic heterocycles. The van der Waals surface area contributed by atoms with Crippen LogP contribution >= 0.6 is 0 Å². The van der Waals surface area contributed by atoms with Crippen LogP contribution in [0, 0.1) is 0 Å². The molecule has 1 heterocycles. The molecule has 25 heavy (non-hydrogen) atoms. The number of nitrogens with zero attached hydrogens (tertiary/aromatic N) is 1. The van der Waals surface area contributed by atoms with Crippen LogP contribution in [0.5, 0.6) is 5.75 Å². The second-order valence-electron chi connectivity index (χ2n) is 6.35. The van der Waals surface area contributed by atoms with E-state index in [-0.39, 0.29) is 5.91 Å². The third-order valence-corrected chi connectivity index (χ3v) is 4.31. The van der Waals surface area contributed by atoms with Gasteiger partial charge in [-0.1, -0.05) is 26.7 Å². The van der Waals surface area contributed by atoms with Crippen molar-refractivity contribution >= 4 is 22.5 Å². The van der Waals surface area contributed by atoms with Gasteiger partial charge >= 0.3 is 0 Å². The number of carbonyl (C=O) groups is 1. The maximum absolute atomic E-state index is 13.0. The summed E-state index contributed by atoms with van der Waals surface area (Å²) < 4.78 is 11.3. The summed E-state index contributed by atoms with van der Waals surface area (Å²) >= 11 is 0. The number of nitrogens with one attached hydrogen (secondary N) is 1. The second-order valence-corrected chi connectivity index (χ2v) is 6.35. The summed E-state index contributed by atoms with van der Waals surface area (Å²) in [7, 11) is 1.61. The summed E-state index contributed by atoms with van der Waals surface area (Å²) in [5.41, 5.74) is 0.616. The van der Waals surface area contributed by atoms with Gasteiger partial charge in [0.25, 0.3) is 5.91 Å². The van der Waals surface area contributed by atoms with Crippen LogP contribution in [-0.2, 0) is 9.53 Å². The topological polar surface area (TPSA) is 60.5 Å². The minimum atomic E-state index is -0.833. The zero-order valence-electron chi connectivity index (χ0n) is 15.6. The monoisotopic (exact) mass is 344 g/mol. The number of rotatable bonds is 9. The van der Waals surface area contributed by atoms with E-state index in [9.17, 15) is 4.79 Å². The predicted octanol–water partition coefficient (Wildman–Crippen LogP) is 4.56. The van der Waals surface area contributed by atoms with Crippen molar-refractivity contribution in [3.8, 4) is 5.75 Å². The average molecular weight is 344 g/mol. The Labute approximate surface area is 149 Å². The van der Waals surface area contributed by atoms with Gasteiger partial charge in [-0.3, -0.25) is 9.78 Å². The van der Waals surface area contributed by atoms with Gasteiger partial charge in [0.05, 0.1) is 12.8 Å². The first-order chi connectivity index (χ1) is 12.1.